The molecule has 1 N–H and O–H groups in total. The third kappa shape index (κ3) is 15.5. The molecule has 2 nitrogen and oxygen atoms in total. The predicted octanol–water partition coefficient (Wildman–Crippen LogP) is 5.41. The Morgan fingerprint density at radius 3 is 1.83 bits per heavy atom. The molecule has 0 radical (unpaired) electrons. The van der Waals surface area contributed by atoms with Gasteiger partial charge < -0.3 is 5.11 Å². The smallest absolute Gasteiger partial charge is 0.303 e. The van der Waals surface area contributed by atoms with Crippen molar-refractivity contribution in [1.82, 2.24) is 0 Å². The zero-order chi connectivity index (χ0) is 17.4. The molecule has 0 aliphatic rings. The topological polar surface area (TPSA) is 37.3 Å². The highest BCUT2D eigenvalue weighted by atomic mass is 16.4. The first-order valence-electron chi connectivity index (χ1n) is 9.13. The van der Waals surface area contributed by atoms with Crippen molar-refractivity contribution in [1.29, 1.82) is 0 Å². The van der Waals surface area contributed by atoms with Crippen molar-refractivity contribution >= 4 is 5.97 Å². The highest BCUT2D eigenvalue weighted by Crippen LogP contribution is 2.22. The van der Waals surface area contributed by atoms with E-state index in [9.17, 15) is 4.79 Å². The number of aliphatic carboxylic acids is 1. The Bertz CT molecular complexity index is 336. The molecule has 0 bridgehead atoms. The lowest BCUT2D eigenvalue weighted by molar-refractivity contribution is -0.137. The summed E-state index contributed by atoms with van der Waals surface area (Å²) in [4.78, 5) is 10.8. The van der Waals surface area contributed by atoms with Crippen molar-refractivity contribution in [3.63, 3.8) is 0 Å². The van der Waals surface area contributed by atoms with E-state index in [0.717, 1.165) is 19.3 Å². The van der Waals surface area contributed by atoms with Crippen LogP contribution in [0.4, 0.5) is 0 Å². The summed E-state index contributed by atoms with van der Waals surface area (Å²) in [6, 6.07) is 0. The number of unbranched alkanes of at least 4 members (excludes halogenated alkanes) is 6. The van der Waals surface area contributed by atoms with Crippen LogP contribution in [-0.2, 0) is 4.79 Å². The van der Waals surface area contributed by atoms with Crippen LogP contribution in [-0.4, -0.2) is 11.1 Å². The van der Waals surface area contributed by atoms with Crippen molar-refractivity contribution < 1.29 is 15.4 Å². The highest BCUT2D eigenvalue weighted by molar-refractivity contribution is 5.66. The summed E-state index contributed by atoms with van der Waals surface area (Å²) in [5.41, 5.74) is 0.398. The summed E-state index contributed by atoms with van der Waals surface area (Å²) >= 11 is 0. The fraction of sp³-hybridized carbons (Fsp3) is 0.938. The zero-order valence-corrected chi connectivity index (χ0v) is 12.2. The van der Waals surface area contributed by atoms with Crippen LogP contribution in [0.5, 0.6) is 0 Å². The second kappa shape index (κ2) is 10.4. The van der Waals surface area contributed by atoms with Gasteiger partial charge in [-0.3, -0.25) is 4.79 Å². The van der Waals surface area contributed by atoms with Crippen LogP contribution in [0.3, 0.4) is 0 Å². The second-order valence-corrected chi connectivity index (χ2v) is 6.14. The van der Waals surface area contributed by atoms with Gasteiger partial charge >= 0.3 is 5.97 Å². The van der Waals surface area contributed by atoms with Gasteiger partial charge in [0.25, 0.3) is 0 Å². The SMILES string of the molecule is [2H]C([2H])(CCCCCCCCCC(C)(C)C)C([2H])([2H])C(=O)O. The molecule has 0 aromatic rings. The molecule has 0 saturated carbocycles. The molecule has 0 fully saturated rings. The third-order valence-corrected chi connectivity index (χ3v) is 2.92. The number of carboxylic acid groups (broad SMARTS) is 1. The summed E-state index contributed by atoms with van der Waals surface area (Å²) in [6.45, 7) is 6.74. The van der Waals surface area contributed by atoms with Gasteiger partial charge in [0.15, 0.2) is 0 Å². The van der Waals surface area contributed by atoms with E-state index >= 15 is 0 Å². The monoisotopic (exact) mass is 260 g/mol. The van der Waals surface area contributed by atoms with Gasteiger partial charge in [0.05, 0.1) is 0 Å². The second-order valence-electron chi connectivity index (χ2n) is 6.14. The van der Waals surface area contributed by atoms with Crippen LogP contribution in [0, 0.1) is 5.41 Å². The van der Waals surface area contributed by atoms with Crippen molar-refractivity contribution in [2.75, 3.05) is 0 Å². The fourth-order valence-electron chi connectivity index (χ4n) is 1.89. The molecule has 0 rings (SSSR count). The summed E-state index contributed by atoms with van der Waals surface area (Å²) in [5.74, 6) is -1.73. The Labute approximate surface area is 119 Å². The number of hydrogen-bond acceptors (Lipinski definition) is 1. The minimum absolute atomic E-state index is 0.0453. The van der Waals surface area contributed by atoms with Gasteiger partial charge in [-0.1, -0.05) is 72.1 Å². The Hall–Kier alpha value is -0.530. The molecule has 0 aliphatic carbocycles. The van der Waals surface area contributed by atoms with Gasteiger partial charge in [-0.05, 0) is 18.2 Å². The Balaban J connectivity index is 3.72. The van der Waals surface area contributed by atoms with E-state index < -0.39 is 18.7 Å². The number of carbonyl (C=O) groups is 1. The Morgan fingerprint density at radius 2 is 1.39 bits per heavy atom. The Kier molecular flexibility index (Phi) is 6.53. The molecule has 0 unspecified atom stereocenters. The fourth-order valence-corrected chi connectivity index (χ4v) is 1.89. The number of rotatable bonds is 11. The van der Waals surface area contributed by atoms with Gasteiger partial charge in [-0.2, -0.15) is 0 Å². The Morgan fingerprint density at radius 1 is 0.944 bits per heavy atom. The first-order valence-corrected chi connectivity index (χ1v) is 7.13. The van der Waals surface area contributed by atoms with Gasteiger partial charge in [-0.15, -0.1) is 0 Å². The maximum atomic E-state index is 10.8. The van der Waals surface area contributed by atoms with E-state index in [-0.39, 0.29) is 6.42 Å². The number of hydrogen-bond donors (Lipinski definition) is 1. The van der Waals surface area contributed by atoms with Crippen LogP contribution in [0.15, 0.2) is 0 Å². The molecule has 0 heterocycles. The maximum Gasteiger partial charge on any atom is 0.303 e. The molecular formula is C16H32O2. The van der Waals surface area contributed by atoms with Gasteiger partial charge in [-0.25, -0.2) is 0 Å². The summed E-state index contributed by atoms with van der Waals surface area (Å²) < 4.78 is 29.8. The van der Waals surface area contributed by atoms with E-state index in [2.05, 4.69) is 20.8 Å². The summed E-state index contributed by atoms with van der Waals surface area (Å²) in [5, 5.41) is 8.74. The van der Waals surface area contributed by atoms with E-state index in [1.807, 2.05) is 0 Å². The minimum atomic E-state index is -2.82. The third-order valence-electron chi connectivity index (χ3n) is 2.92. The van der Waals surface area contributed by atoms with Crippen LogP contribution >= 0.6 is 0 Å². The van der Waals surface area contributed by atoms with Crippen LogP contribution in [0.1, 0.15) is 96.8 Å². The molecule has 0 saturated heterocycles. The molecule has 0 atom stereocenters. The molecule has 2 heteroatoms. The normalized spacial score (nSPS) is 16.6. The van der Waals surface area contributed by atoms with Crippen LogP contribution in [0.25, 0.3) is 0 Å². The van der Waals surface area contributed by atoms with Crippen molar-refractivity contribution in [3.8, 4) is 0 Å². The zero-order valence-electron chi connectivity index (χ0n) is 16.2. The van der Waals surface area contributed by atoms with E-state index in [1.165, 1.54) is 25.7 Å². The molecule has 0 aliphatic heterocycles. The van der Waals surface area contributed by atoms with Crippen LogP contribution < -0.4 is 0 Å². The lowest BCUT2D eigenvalue weighted by Crippen LogP contribution is -2.03. The van der Waals surface area contributed by atoms with E-state index in [1.54, 1.807) is 0 Å². The van der Waals surface area contributed by atoms with E-state index in [0.29, 0.717) is 11.8 Å². The molecule has 18 heavy (non-hydrogen) atoms. The molecule has 0 aromatic heterocycles. The molecule has 0 aromatic carbocycles. The number of carboxylic acids is 1. The maximum absolute atomic E-state index is 10.8. The first-order chi connectivity index (χ1) is 9.90. The molecular weight excluding hydrogens is 224 g/mol. The van der Waals surface area contributed by atoms with Crippen LogP contribution in [0.2, 0.25) is 0 Å². The first kappa shape index (κ1) is 11.3. The van der Waals surface area contributed by atoms with E-state index in [4.69, 9.17) is 10.6 Å². The standard InChI is InChI=1S/C16H32O2/c1-16(2,3)14-12-10-8-6-4-5-7-9-11-13-15(17)18/h4-14H2,1-3H3,(H,17,18)/i11D2,13D2. The molecule has 0 spiro atoms. The summed E-state index contributed by atoms with van der Waals surface area (Å²) in [6.07, 6.45) is 3.17. The molecule has 108 valence electrons. The predicted molar refractivity (Wildman–Crippen MR) is 77.9 cm³/mol. The average molecular weight is 260 g/mol. The van der Waals surface area contributed by atoms with Crippen molar-refractivity contribution in [2.24, 2.45) is 5.41 Å². The van der Waals surface area contributed by atoms with Gasteiger partial charge in [0.2, 0.25) is 0 Å². The van der Waals surface area contributed by atoms with Gasteiger partial charge in [0.1, 0.15) is 0 Å². The summed E-state index contributed by atoms with van der Waals surface area (Å²) in [7, 11) is 0. The molecule has 0 amide bonds. The lowest BCUT2D eigenvalue weighted by atomic mass is 9.89. The van der Waals surface area contributed by atoms with Crippen molar-refractivity contribution in [3.05, 3.63) is 0 Å². The lowest BCUT2D eigenvalue weighted by Gasteiger charge is -2.17. The van der Waals surface area contributed by atoms with Gasteiger partial charge in [0, 0.05) is 11.9 Å². The average Bonchev–Trinajstić information content (AvgIpc) is 2.34. The quantitative estimate of drug-likeness (QED) is 0.504. The largest absolute Gasteiger partial charge is 0.481 e. The van der Waals surface area contributed by atoms with Crippen molar-refractivity contribution in [2.45, 2.75) is 91.3 Å². The minimum Gasteiger partial charge on any atom is -0.481 e. The highest BCUT2D eigenvalue weighted by Gasteiger charge is 2.08.